The fourth-order valence-electron chi connectivity index (χ4n) is 2.14. The Morgan fingerprint density at radius 3 is 2.92 bits per heavy atom. The molecule has 1 aliphatic heterocycles. The molecule has 3 heteroatoms. The summed E-state index contributed by atoms with van der Waals surface area (Å²) in [6, 6.07) is 0.529. The van der Waals surface area contributed by atoms with E-state index >= 15 is 0 Å². The Hall–Kier alpha value is -0.830. The number of hydrogen-bond acceptors (Lipinski definition) is 2. The molecule has 0 bridgehead atoms. The van der Waals surface area contributed by atoms with Gasteiger partial charge in [-0.1, -0.05) is 6.42 Å². The lowest BCUT2D eigenvalue weighted by Crippen LogP contribution is -2.28. The van der Waals surface area contributed by atoms with Crippen molar-refractivity contribution in [2.45, 2.75) is 32.2 Å². The lowest BCUT2D eigenvalue weighted by Gasteiger charge is -2.24. The second kappa shape index (κ2) is 3.50. The van der Waals surface area contributed by atoms with Crippen LogP contribution in [0.3, 0.4) is 0 Å². The van der Waals surface area contributed by atoms with Crippen molar-refractivity contribution in [3.8, 4) is 0 Å². The summed E-state index contributed by atoms with van der Waals surface area (Å²) < 4.78 is 2.00. The SMILES string of the molecule is Cc1cnn(C)c1C1CCCCN1. The summed E-state index contributed by atoms with van der Waals surface area (Å²) in [4.78, 5) is 0. The minimum absolute atomic E-state index is 0.529. The van der Waals surface area contributed by atoms with Crippen LogP contribution < -0.4 is 5.32 Å². The van der Waals surface area contributed by atoms with Crippen molar-refractivity contribution in [3.05, 3.63) is 17.5 Å². The quantitative estimate of drug-likeness (QED) is 0.708. The van der Waals surface area contributed by atoms with E-state index in [4.69, 9.17) is 0 Å². The monoisotopic (exact) mass is 179 g/mol. The molecule has 1 atom stereocenters. The molecule has 1 unspecified atom stereocenters. The largest absolute Gasteiger partial charge is 0.309 e. The molecular formula is C10H17N3. The van der Waals surface area contributed by atoms with Gasteiger partial charge in [-0.15, -0.1) is 0 Å². The average Bonchev–Trinajstić information content (AvgIpc) is 2.48. The first kappa shape index (κ1) is 8.75. The van der Waals surface area contributed by atoms with Gasteiger partial charge in [0, 0.05) is 13.1 Å². The topological polar surface area (TPSA) is 29.9 Å². The highest BCUT2D eigenvalue weighted by Gasteiger charge is 2.19. The molecule has 0 spiro atoms. The molecule has 2 rings (SSSR count). The van der Waals surface area contributed by atoms with Crippen LogP contribution in [-0.4, -0.2) is 16.3 Å². The predicted molar refractivity (Wildman–Crippen MR) is 52.5 cm³/mol. The molecule has 1 fully saturated rings. The van der Waals surface area contributed by atoms with E-state index in [2.05, 4.69) is 17.3 Å². The smallest absolute Gasteiger partial charge is 0.0579 e. The normalized spacial score (nSPS) is 23.4. The highest BCUT2D eigenvalue weighted by Crippen LogP contribution is 2.24. The third-order valence-corrected chi connectivity index (χ3v) is 2.82. The Bertz CT molecular complexity index is 265. The summed E-state index contributed by atoms with van der Waals surface area (Å²) in [5, 5.41) is 7.81. The van der Waals surface area contributed by atoms with Crippen molar-refractivity contribution in [1.82, 2.24) is 15.1 Å². The van der Waals surface area contributed by atoms with Gasteiger partial charge in [-0.05, 0) is 31.9 Å². The van der Waals surface area contributed by atoms with E-state index in [0.29, 0.717) is 6.04 Å². The molecule has 0 aliphatic carbocycles. The fourth-order valence-corrected chi connectivity index (χ4v) is 2.14. The highest BCUT2D eigenvalue weighted by atomic mass is 15.3. The summed E-state index contributed by atoms with van der Waals surface area (Å²) >= 11 is 0. The Labute approximate surface area is 79.1 Å². The number of nitrogens with one attached hydrogen (secondary N) is 1. The average molecular weight is 179 g/mol. The molecule has 0 saturated carbocycles. The van der Waals surface area contributed by atoms with E-state index < -0.39 is 0 Å². The molecule has 1 saturated heterocycles. The number of aromatic nitrogens is 2. The maximum Gasteiger partial charge on any atom is 0.0579 e. The van der Waals surface area contributed by atoms with E-state index in [1.165, 1.54) is 30.5 Å². The first-order valence-electron chi connectivity index (χ1n) is 5.01. The van der Waals surface area contributed by atoms with Crippen molar-refractivity contribution >= 4 is 0 Å². The van der Waals surface area contributed by atoms with Gasteiger partial charge < -0.3 is 5.32 Å². The van der Waals surface area contributed by atoms with E-state index in [0.717, 1.165) is 6.54 Å². The molecule has 2 heterocycles. The number of nitrogens with zero attached hydrogens (tertiary/aromatic N) is 2. The van der Waals surface area contributed by atoms with Crippen LogP contribution in [0.1, 0.15) is 36.6 Å². The van der Waals surface area contributed by atoms with Crippen LogP contribution in [0, 0.1) is 6.92 Å². The molecule has 0 amide bonds. The Balaban J connectivity index is 2.22. The van der Waals surface area contributed by atoms with Gasteiger partial charge in [0.2, 0.25) is 0 Å². The summed E-state index contributed by atoms with van der Waals surface area (Å²) in [5.41, 5.74) is 2.67. The van der Waals surface area contributed by atoms with Gasteiger partial charge in [0.15, 0.2) is 0 Å². The molecular weight excluding hydrogens is 162 g/mol. The summed E-state index contributed by atoms with van der Waals surface area (Å²) in [7, 11) is 2.03. The van der Waals surface area contributed by atoms with Gasteiger partial charge in [-0.2, -0.15) is 5.10 Å². The van der Waals surface area contributed by atoms with Gasteiger partial charge >= 0.3 is 0 Å². The van der Waals surface area contributed by atoms with Crippen LogP contribution in [0.25, 0.3) is 0 Å². The first-order chi connectivity index (χ1) is 6.29. The zero-order chi connectivity index (χ0) is 9.26. The van der Waals surface area contributed by atoms with E-state index in [9.17, 15) is 0 Å². The van der Waals surface area contributed by atoms with Crippen molar-refractivity contribution in [3.63, 3.8) is 0 Å². The number of piperidine rings is 1. The first-order valence-corrected chi connectivity index (χ1v) is 5.01. The summed E-state index contributed by atoms with van der Waals surface area (Å²) in [6.45, 7) is 3.29. The maximum atomic E-state index is 4.27. The zero-order valence-electron chi connectivity index (χ0n) is 8.38. The molecule has 13 heavy (non-hydrogen) atoms. The number of rotatable bonds is 1. The second-order valence-electron chi connectivity index (χ2n) is 3.84. The second-order valence-corrected chi connectivity index (χ2v) is 3.84. The van der Waals surface area contributed by atoms with Crippen LogP contribution >= 0.6 is 0 Å². The van der Waals surface area contributed by atoms with Gasteiger partial charge in [-0.3, -0.25) is 4.68 Å². The van der Waals surface area contributed by atoms with Gasteiger partial charge in [-0.25, -0.2) is 0 Å². The molecule has 1 aromatic rings. The molecule has 1 aromatic heterocycles. The van der Waals surface area contributed by atoms with Crippen LogP contribution in [0.4, 0.5) is 0 Å². The molecule has 0 radical (unpaired) electrons. The summed E-state index contributed by atoms with van der Waals surface area (Å²) in [6.07, 6.45) is 5.85. The van der Waals surface area contributed by atoms with Crippen LogP contribution in [0.2, 0.25) is 0 Å². The Kier molecular flexibility index (Phi) is 2.36. The maximum absolute atomic E-state index is 4.27. The predicted octanol–water partition coefficient (Wildman–Crippen LogP) is 1.54. The molecule has 72 valence electrons. The Morgan fingerprint density at radius 1 is 1.54 bits per heavy atom. The van der Waals surface area contributed by atoms with Gasteiger partial charge in [0.05, 0.1) is 11.9 Å². The van der Waals surface area contributed by atoms with Crippen molar-refractivity contribution in [2.24, 2.45) is 7.05 Å². The third-order valence-electron chi connectivity index (χ3n) is 2.82. The van der Waals surface area contributed by atoms with Gasteiger partial charge in [0.1, 0.15) is 0 Å². The third kappa shape index (κ3) is 1.61. The van der Waals surface area contributed by atoms with E-state index in [1.807, 2.05) is 17.9 Å². The van der Waals surface area contributed by atoms with Crippen LogP contribution in [0.5, 0.6) is 0 Å². The Morgan fingerprint density at radius 2 is 2.38 bits per heavy atom. The highest BCUT2D eigenvalue weighted by molar-refractivity contribution is 5.19. The molecule has 0 aromatic carbocycles. The zero-order valence-corrected chi connectivity index (χ0v) is 8.38. The van der Waals surface area contributed by atoms with Crippen molar-refractivity contribution in [2.75, 3.05) is 6.54 Å². The van der Waals surface area contributed by atoms with E-state index in [1.54, 1.807) is 0 Å². The van der Waals surface area contributed by atoms with E-state index in [-0.39, 0.29) is 0 Å². The van der Waals surface area contributed by atoms with Crippen molar-refractivity contribution < 1.29 is 0 Å². The summed E-state index contributed by atoms with van der Waals surface area (Å²) in [5.74, 6) is 0. The minimum atomic E-state index is 0.529. The van der Waals surface area contributed by atoms with Gasteiger partial charge in [0.25, 0.3) is 0 Å². The molecule has 1 aliphatic rings. The number of hydrogen-bond donors (Lipinski definition) is 1. The lowest BCUT2D eigenvalue weighted by atomic mass is 10.00. The standard InChI is InChI=1S/C10H17N3/c1-8-7-12-13(2)10(8)9-5-3-4-6-11-9/h7,9,11H,3-6H2,1-2H3. The van der Waals surface area contributed by atoms with Crippen molar-refractivity contribution in [1.29, 1.82) is 0 Å². The number of aryl methyl sites for hydroxylation is 2. The molecule has 3 nitrogen and oxygen atoms in total. The lowest BCUT2D eigenvalue weighted by molar-refractivity contribution is 0.392. The molecule has 1 N–H and O–H groups in total. The van der Waals surface area contributed by atoms with Crippen LogP contribution in [0.15, 0.2) is 6.20 Å². The minimum Gasteiger partial charge on any atom is -0.309 e. The van der Waals surface area contributed by atoms with Crippen LogP contribution in [-0.2, 0) is 7.05 Å². The fraction of sp³-hybridized carbons (Fsp3) is 0.700.